The highest BCUT2D eigenvalue weighted by atomic mass is 16.5. The van der Waals surface area contributed by atoms with Crippen LogP contribution in [0.15, 0.2) is 30.3 Å². The van der Waals surface area contributed by atoms with E-state index in [1.54, 1.807) is 0 Å². The molecule has 0 bridgehead atoms. The summed E-state index contributed by atoms with van der Waals surface area (Å²) in [6, 6.07) is 10.5. The Morgan fingerprint density at radius 3 is 2.67 bits per heavy atom. The van der Waals surface area contributed by atoms with Gasteiger partial charge in [0.15, 0.2) is 0 Å². The van der Waals surface area contributed by atoms with Gasteiger partial charge in [-0.1, -0.05) is 43.7 Å². The average molecular weight is 246 g/mol. The molecule has 0 heterocycles. The molecule has 2 nitrogen and oxygen atoms in total. The minimum absolute atomic E-state index is 0.0694. The van der Waals surface area contributed by atoms with Gasteiger partial charge in [0.2, 0.25) is 0 Å². The molecule has 2 heteroatoms. The van der Waals surface area contributed by atoms with Crippen LogP contribution in [-0.4, -0.2) is 13.1 Å². The van der Waals surface area contributed by atoms with Crippen molar-refractivity contribution in [2.45, 2.75) is 39.0 Å². The second kappa shape index (κ2) is 5.55. The molecule has 98 valence electrons. The molecule has 1 aliphatic rings. The third-order valence-electron chi connectivity index (χ3n) is 4.12. The predicted octanol–water partition coefficient (Wildman–Crippen LogP) is 3.60. The Morgan fingerprint density at radius 2 is 2.11 bits per heavy atom. The lowest BCUT2D eigenvalue weighted by atomic mass is 9.76. The molecule has 1 fully saturated rings. The van der Waals surface area contributed by atoms with E-state index in [-0.39, 0.29) is 11.4 Å². The molecule has 18 heavy (non-hydrogen) atoms. The lowest BCUT2D eigenvalue weighted by Gasteiger charge is -2.28. The highest BCUT2D eigenvalue weighted by Crippen LogP contribution is 2.46. The van der Waals surface area contributed by atoms with Crippen LogP contribution in [0.2, 0.25) is 0 Å². The van der Waals surface area contributed by atoms with E-state index in [0.29, 0.717) is 6.42 Å². The second-order valence-electron chi connectivity index (χ2n) is 5.76. The lowest BCUT2D eigenvalue weighted by molar-refractivity contribution is -0.143. The maximum Gasteiger partial charge on any atom is 0.306 e. The summed E-state index contributed by atoms with van der Waals surface area (Å²) in [6.07, 6.45) is 5.05. The summed E-state index contributed by atoms with van der Waals surface area (Å²) in [5.74, 6) is 0.651. The van der Waals surface area contributed by atoms with Crippen molar-refractivity contribution in [3.8, 4) is 0 Å². The smallest absolute Gasteiger partial charge is 0.306 e. The number of methoxy groups -OCH3 is 1. The topological polar surface area (TPSA) is 26.3 Å². The molecule has 0 saturated heterocycles. The fraction of sp³-hybridized carbons (Fsp3) is 0.562. The van der Waals surface area contributed by atoms with Crippen LogP contribution in [0.4, 0.5) is 0 Å². The first kappa shape index (κ1) is 13.1. The fourth-order valence-corrected chi connectivity index (χ4v) is 3.29. The molecule has 1 aromatic rings. The van der Waals surface area contributed by atoms with Crippen molar-refractivity contribution in [3.05, 3.63) is 35.9 Å². The molecule has 0 aromatic heterocycles. The Kier molecular flexibility index (Phi) is 4.05. The van der Waals surface area contributed by atoms with Crippen molar-refractivity contribution in [1.82, 2.24) is 0 Å². The SMILES string of the molecule is COC(=O)C[C@]1(Cc2ccccc2)CCC(C)C1. The number of esters is 1. The average Bonchev–Trinajstić information content (AvgIpc) is 2.71. The molecule has 0 amide bonds. The van der Waals surface area contributed by atoms with Gasteiger partial charge in [0.1, 0.15) is 0 Å². The number of benzene rings is 1. The number of carbonyl (C=O) groups excluding carboxylic acids is 1. The van der Waals surface area contributed by atoms with Gasteiger partial charge in [0.05, 0.1) is 13.5 Å². The largest absolute Gasteiger partial charge is 0.469 e. The van der Waals surface area contributed by atoms with Crippen LogP contribution in [-0.2, 0) is 16.0 Å². The number of rotatable bonds is 4. The first-order valence-electron chi connectivity index (χ1n) is 6.74. The molecule has 0 spiro atoms. The lowest BCUT2D eigenvalue weighted by Crippen LogP contribution is -2.25. The number of hydrogen-bond donors (Lipinski definition) is 0. The van der Waals surface area contributed by atoms with Crippen LogP contribution < -0.4 is 0 Å². The highest BCUT2D eigenvalue weighted by molar-refractivity contribution is 5.70. The van der Waals surface area contributed by atoms with E-state index < -0.39 is 0 Å². The predicted molar refractivity (Wildman–Crippen MR) is 72.2 cm³/mol. The summed E-state index contributed by atoms with van der Waals surface area (Å²) < 4.78 is 4.87. The van der Waals surface area contributed by atoms with Crippen molar-refractivity contribution in [2.75, 3.05) is 7.11 Å². The normalized spacial score (nSPS) is 27.1. The molecule has 1 unspecified atom stereocenters. The van der Waals surface area contributed by atoms with Crippen molar-refractivity contribution in [3.63, 3.8) is 0 Å². The van der Waals surface area contributed by atoms with E-state index in [0.717, 1.165) is 25.2 Å². The third kappa shape index (κ3) is 3.12. The van der Waals surface area contributed by atoms with E-state index in [1.165, 1.54) is 19.1 Å². The molecular weight excluding hydrogens is 224 g/mol. The Balaban J connectivity index is 2.13. The van der Waals surface area contributed by atoms with Gasteiger partial charge in [-0.2, -0.15) is 0 Å². The van der Waals surface area contributed by atoms with E-state index in [1.807, 2.05) is 6.07 Å². The number of hydrogen-bond acceptors (Lipinski definition) is 2. The van der Waals surface area contributed by atoms with Gasteiger partial charge < -0.3 is 4.74 Å². The minimum atomic E-state index is -0.0694. The minimum Gasteiger partial charge on any atom is -0.469 e. The first-order chi connectivity index (χ1) is 8.63. The van der Waals surface area contributed by atoms with Crippen LogP contribution in [0.1, 0.15) is 38.2 Å². The molecule has 0 radical (unpaired) electrons. The third-order valence-corrected chi connectivity index (χ3v) is 4.12. The van der Waals surface area contributed by atoms with Crippen LogP contribution >= 0.6 is 0 Å². The van der Waals surface area contributed by atoms with Crippen LogP contribution in [0.3, 0.4) is 0 Å². The molecule has 1 saturated carbocycles. The van der Waals surface area contributed by atoms with Gasteiger partial charge in [-0.15, -0.1) is 0 Å². The van der Waals surface area contributed by atoms with E-state index in [9.17, 15) is 4.79 Å². The van der Waals surface area contributed by atoms with E-state index in [4.69, 9.17) is 4.74 Å². The quantitative estimate of drug-likeness (QED) is 0.759. The zero-order valence-corrected chi connectivity index (χ0v) is 11.3. The zero-order valence-electron chi connectivity index (χ0n) is 11.3. The Hall–Kier alpha value is -1.31. The van der Waals surface area contributed by atoms with E-state index >= 15 is 0 Å². The van der Waals surface area contributed by atoms with Gasteiger partial charge in [-0.25, -0.2) is 0 Å². The van der Waals surface area contributed by atoms with Crippen molar-refractivity contribution in [1.29, 1.82) is 0 Å². The van der Waals surface area contributed by atoms with E-state index in [2.05, 4.69) is 31.2 Å². The maximum absolute atomic E-state index is 11.6. The van der Waals surface area contributed by atoms with Gasteiger partial charge in [-0.05, 0) is 36.2 Å². The Bertz CT molecular complexity index is 399. The first-order valence-corrected chi connectivity index (χ1v) is 6.74. The standard InChI is InChI=1S/C16H22O2/c1-13-8-9-16(10-13,12-15(17)18-2)11-14-6-4-3-5-7-14/h3-7,13H,8-12H2,1-2H3/t13?,16-/m1/s1. The van der Waals surface area contributed by atoms with Gasteiger partial charge in [0.25, 0.3) is 0 Å². The summed E-state index contributed by atoms with van der Waals surface area (Å²) in [6.45, 7) is 2.28. The number of ether oxygens (including phenoxy) is 1. The van der Waals surface area contributed by atoms with Crippen molar-refractivity contribution >= 4 is 5.97 Å². The summed E-state index contributed by atoms with van der Waals surface area (Å²) >= 11 is 0. The molecule has 0 N–H and O–H groups in total. The van der Waals surface area contributed by atoms with Gasteiger partial charge >= 0.3 is 5.97 Å². The number of carbonyl (C=O) groups is 1. The van der Waals surface area contributed by atoms with Gasteiger partial charge in [-0.3, -0.25) is 4.79 Å². The molecular formula is C16H22O2. The van der Waals surface area contributed by atoms with Crippen molar-refractivity contribution < 1.29 is 9.53 Å². The van der Waals surface area contributed by atoms with Crippen LogP contribution in [0, 0.1) is 11.3 Å². The highest BCUT2D eigenvalue weighted by Gasteiger charge is 2.39. The monoisotopic (exact) mass is 246 g/mol. The maximum atomic E-state index is 11.6. The summed E-state index contributed by atoms with van der Waals surface area (Å²) in [5, 5.41) is 0. The Labute approximate surface area is 109 Å². The second-order valence-corrected chi connectivity index (χ2v) is 5.76. The summed E-state index contributed by atoms with van der Waals surface area (Å²) in [5.41, 5.74) is 1.45. The molecule has 1 aromatic carbocycles. The molecule has 2 rings (SSSR count). The van der Waals surface area contributed by atoms with Crippen LogP contribution in [0.25, 0.3) is 0 Å². The Morgan fingerprint density at radius 1 is 1.39 bits per heavy atom. The fourth-order valence-electron chi connectivity index (χ4n) is 3.29. The molecule has 1 aliphatic carbocycles. The van der Waals surface area contributed by atoms with Gasteiger partial charge in [0, 0.05) is 0 Å². The molecule has 2 atom stereocenters. The zero-order chi connectivity index (χ0) is 13.0. The van der Waals surface area contributed by atoms with Crippen LogP contribution in [0.5, 0.6) is 0 Å². The summed E-state index contributed by atoms with van der Waals surface area (Å²) in [4.78, 5) is 11.6. The summed E-state index contributed by atoms with van der Waals surface area (Å²) in [7, 11) is 1.48. The van der Waals surface area contributed by atoms with Crippen molar-refractivity contribution in [2.24, 2.45) is 11.3 Å². The molecule has 0 aliphatic heterocycles.